The molecule has 0 atom stereocenters. The van der Waals surface area contributed by atoms with E-state index in [1.165, 1.54) is 44.9 Å². The third-order valence-electron chi connectivity index (χ3n) is 3.28. The summed E-state index contributed by atoms with van der Waals surface area (Å²) in [6.07, 6.45) is 13.3. The van der Waals surface area contributed by atoms with Crippen LogP contribution in [0, 0.1) is 11.3 Å². The Kier molecular flexibility index (Phi) is 7.88. The predicted molar refractivity (Wildman–Crippen MR) is 75.3 cm³/mol. The van der Waals surface area contributed by atoms with Crippen LogP contribution < -0.4 is 0 Å². The lowest BCUT2D eigenvalue weighted by molar-refractivity contribution is 0.574. The summed E-state index contributed by atoms with van der Waals surface area (Å²) < 4.78 is 0. The zero-order chi connectivity index (χ0) is 13.1. The molecule has 0 aliphatic rings. The molecule has 1 heterocycles. The van der Waals surface area contributed by atoms with Crippen LogP contribution in [-0.2, 0) is 6.42 Å². The lowest BCUT2D eigenvalue weighted by Gasteiger charge is -2.03. The predicted octanol–water partition coefficient (Wildman–Crippen LogP) is 4.64. The topological polar surface area (TPSA) is 36.7 Å². The number of nitrogens with zero attached hydrogens (tertiary/aromatic N) is 2. The van der Waals surface area contributed by atoms with Gasteiger partial charge in [0, 0.05) is 6.20 Å². The monoisotopic (exact) mass is 244 g/mol. The van der Waals surface area contributed by atoms with Gasteiger partial charge in [0.2, 0.25) is 0 Å². The minimum absolute atomic E-state index is 0.737. The van der Waals surface area contributed by atoms with Crippen molar-refractivity contribution < 1.29 is 0 Å². The maximum absolute atomic E-state index is 8.95. The highest BCUT2D eigenvalue weighted by Crippen LogP contribution is 2.12. The Bertz CT molecular complexity index is 366. The van der Waals surface area contributed by atoms with Gasteiger partial charge in [0.1, 0.15) is 6.07 Å². The summed E-state index contributed by atoms with van der Waals surface area (Å²) in [4.78, 5) is 4.29. The summed E-state index contributed by atoms with van der Waals surface area (Å²) in [5.74, 6) is 0. The van der Waals surface area contributed by atoms with Gasteiger partial charge in [0.05, 0.1) is 11.3 Å². The van der Waals surface area contributed by atoms with Crippen LogP contribution in [0.4, 0.5) is 0 Å². The number of nitriles is 1. The summed E-state index contributed by atoms with van der Waals surface area (Å²) in [6.45, 7) is 2.25. The smallest absolute Gasteiger partial charge is 0.101 e. The molecule has 0 bridgehead atoms. The third kappa shape index (κ3) is 5.82. The highest BCUT2D eigenvalue weighted by atomic mass is 14.7. The quantitative estimate of drug-likeness (QED) is 0.593. The molecule has 0 saturated carbocycles. The molecular formula is C16H24N2. The number of pyridine rings is 1. The molecule has 0 aliphatic carbocycles. The summed E-state index contributed by atoms with van der Waals surface area (Å²) in [5, 5.41) is 8.95. The molecule has 1 rings (SSSR count). The largest absolute Gasteiger partial charge is 0.260 e. The summed E-state index contributed by atoms with van der Waals surface area (Å²) in [5.41, 5.74) is 1.70. The first-order valence-corrected chi connectivity index (χ1v) is 7.22. The Balaban J connectivity index is 2.09. The molecule has 2 nitrogen and oxygen atoms in total. The van der Waals surface area contributed by atoms with Crippen LogP contribution in [0.25, 0.3) is 0 Å². The number of aromatic nitrogens is 1. The standard InChI is InChI=1S/C16H24N2/c1-2-3-4-5-6-7-8-9-12-16-15(14-17)11-10-13-18-16/h10-11,13H,2-9,12H2,1H3. The van der Waals surface area contributed by atoms with Crippen LogP contribution in [0.5, 0.6) is 0 Å². The second-order valence-electron chi connectivity index (χ2n) is 4.83. The Morgan fingerprint density at radius 1 is 1.06 bits per heavy atom. The molecule has 1 aromatic heterocycles. The minimum Gasteiger partial charge on any atom is -0.260 e. The average molecular weight is 244 g/mol. The average Bonchev–Trinajstić information content (AvgIpc) is 2.42. The molecule has 0 aromatic carbocycles. The number of aryl methyl sites for hydroxylation is 1. The van der Waals surface area contributed by atoms with Crippen LogP contribution in [0.2, 0.25) is 0 Å². The summed E-state index contributed by atoms with van der Waals surface area (Å²) in [6, 6.07) is 5.89. The van der Waals surface area contributed by atoms with Gasteiger partial charge in [-0.1, -0.05) is 51.9 Å². The molecule has 0 unspecified atom stereocenters. The fraction of sp³-hybridized carbons (Fsp3) is 0.625. The van der Waals surface area contributed by atoms with E-state index >= 15 is 0 Å². The first-order valence-electron chi connectivity index (χ1n) is 7.22. The van der Waals surface area contributed by atoms with Crippen LogP contribution >= 0.6 is 0 Å². The molecule has 2 heteroatoms. The van der Waals surface area contributed by atoms with Crippen molar-refractivity contribution in [3.63, 3.8) is 0 Å². The van der Waals surface area contributed by atoms with Gasteiger partial charge in [-0.15, -0.1) is 0 Å². The molecule has 0 amide bonds. The Morgan fingerprint density at radius 3 is 2.39 bits per heavy atom. The Hall–Kier alpha value is -1.36. The zero-order valence-corrected chi connectivity index (χ0v) is 11.5. The molecule has 0 spiro atoms. The van der Waals surface area contributed by atoms with Crippen molar-refractivity contribution in [1.29, 1.82) is 5.26 Å². The molecular weight excluding hydrogens is 220 g/mol. The van der Waals surface area contributed by atoms with Gasteiger partial charge < -0.3 is 0 Å². The Labute approximate surface area is 111 Å². The second-order valence-corrected chi connectivity index (χ2v) is 4.83. The molecule has 18 heavy (non-hydrogen) atoms. The van der Waals surface area contributed by atoms with Gasteiger partial charge in [0.25, 0.3) is 0 Å². The minimum atomic E-state index is 0.737. The van der Waals surface area contributed by atoms with Gasteiger partial charge in [-0.25, -0.2) is 0 Å². The van der Waals surface area contributed by atoms with Gasteiger partial charge >= 0.3 is 0 Å². The highest BCUT2D eigenvalue weighted by Gasteiger charge is 2.01. The van der Waals surface area contributed by atoms with Crippen molar-refractivity contribution >= 4 is 0 Å². The van der Waals surface area contributed by atoms with Crippen LogP contribution in [0.3, 0.4) is 0 Å². The molecule has 0 fully saturated rings. The lowest BCUT2D eigenvalue weighted by atomic mass is 10.0. The molecule has 0 radical (unpaired) electrons. The van der Waals surface area contributed by atoms with Gasteiger partial charge in [-0.2, -0.15) is 5.26 Å². The van der Waals surface area contributed by atoms with Crippen molar-refractivity contribution in [3.8, 4) is 6.07 Å². The van der Waals surface area contributed by atoms with Crippen molar-refractivity contribution in [1.82, 2.24) is 4.98 Å². The van der Waals surface area contributed by atoms with Crippen molar-refractivity contribution in [2.75, 3.05) is 0 Å². The van der Waals surface area contributed by atoms with Gasteiger partial charge in [-0.3, -0.25) is 4.98 Å². The zero-order valence-electron chi connectivity index (χ0n) is 11.5. The van der Waals surface area contributed by atoms with E-state index in [0.717, 1.165) is 24.1 Å². The van der Waals surface area contributed by atoms with E-state index in [1.807, 2.05) is 12.1 Å². The van der Waals surface area contributed by atoms with E-state index in [2.05, 4.69) is 18.0 Å². The van der Waals surface area contributed by atoms with E-state index in [4.69, 9.17) is 5.26 Å². The maximum atomic E-state index is 8.95. The van der Waals surface area contributed by atoms with E-state index < -0.39 is 0 Å². The second kappa shape index (κ2) is 9.65. The fourth-order valence-corrected chi connectivity index (χ4v) is 2.17. The van der Waals surface area contributed by atoms with E-state index in [-0.39, 0.29) is 0 Å². The van der Waals surface area contributed by atoms with Crippen LogP contribution in [0.15, 0.2) is 18.3 Å². The summed E-state index contributed by atoms with van der Waals surface area (Å²) in [7, 11) is 0. The molecule has 0 aliphatic heterocycles. The molecule has 1 aromatic rings. The van der Waals surface area contributed by atoms with E-state index in [9.17, 15) is 0 Å². The fourth-order valence-electron chi connectivity index (χ4n) is 2.17. The van der Waals surface area contributed by atoms with Crippen molar-refractivity contribution in [3.05, 3.63) is 29.6 Å². The molecule has 0 N–H and O–H groups in total. The van der Waals surface area contributed by atoms with E-state index in [1.54, 1.807) is 6.20 Å². The van der Waals surface area contributed by atoms with Crippen molar-refractivity contribution in [2.45, 2.75) is 64.7 Å². The number of hydrogen-bond acceptors (Lipinski definition) is 2. The highest BCUT2D eigenvalue weighted by molar-refractivity contribution is 5.32. The number of unbranched alkanes of at least 4 members (excludes halogenated alkanes) is 7. The van der Waals surface area contributed by atoms with Crippen LogP contribution in [0.1, 0.15) is 69.5 Å². The van der Waals surface area contributed by atoms with E-state index in [0.29, 0.717) is 0 Å². The number of rotatable bonds is 9. The SMILES string of the molecule is CCCCCCCCCCc1ncccc1C#N. The third-order valence-corrected chi connectivity index (χ3v) is 3.28. The normalized spacial score (nSPS) is 10.2. The van der Waals surface area contributed by atoms with Gasteiger partial charge in [0.15, 0.2) is 0 Å². The first-order chi connectivity index (χ1) is 8.88. The lowest BCUT2D eigenvalue weighted by Crippen LogP contribution is -1.94. The van der Waals surface area contributed by atoms with Crippen molar-refractivity contribution in [2.24, 2.45) is 0 Å². The Morgan fingerprint density at radius 2 is 1.72 bits per heavy atom. The number of hydrogen-bond donors (Lipinski definition) is 0. The molecule has 0 saturated heterocycles. The first kappa shape index (κ1) is 14.7. The van der Waals surface area contributed by atoms with Crippen LogP contribution in [-0.4, -0.2) is 4.98 Å². The van der Waals surface area contributed by atoms with Gasteiger partial charge in [-0.05, 0) is 25.0 Å². The summed E-state index contributed by atoms with van der Waals surface area (Å²) >= 11 is 0. The maximum Gasteiger partial charge on any atom is 0.101 e. The molecule has 98 valence electrons.